The smallest absolute Gasteiger partial charge is 0.333 e. The Morgan fingerprint density at radius 2 is 0.935 bits per heavy atom. The molecular weight excluding hydrogens is 586 g/mol. The normalized spacial score (nSPS) is 13.7. The van der Waals surface area contributed by atoms with Crippen LogP contribution in [0.3, 0.4) is 0 Å². The van der Waals surface area contributed by atoms with Crippen LogP contribution in [0.2, 0.25) is 0 Å². The highest BCUT2D eigenvalue weighted by Gasteiger charge is 2.33. The van der Waals surface area contributed by atoms with E-state index >= 15 is 0 Å². The van der Waals surface area contributed by atoms with E-state index in [0.29, 0.717) is 11.5 Å². The second-order valence-corrected chi connectivity index (χ2v) is 12.9. The van der Waals surface area contributed by atoms with Crippen LogP contribution >= 0.6 is 0 Å². The number of ether oxygens (including phenoxy) is 2. The number of carbonyl (C=O) groups is 5. The molecule has 1 rings (SSSR count). The fraction of sp³-hybridized carbons (Fsp3) is 0.865. The molecule has 1 atom stereocenters. The SMILES string of the molecule is CCCCCCCCCCCCCC(=O)OC[C@H](CCC(=O)ON1C(=O)CCC1=O)OC(=O)CCCCCCCCCCCCC. The van der Waals surface area contributed by atoms with Gasteiger partial charge in [-0.05, 0) is 19.3 Å². The van der Waals surface area contributed by atoms with Gasteiger partial charge in [-0.3, -0.25) is 19.2 Å². The molecule has 2 amide bonds. The third kappa shape index (κ3) is 23.0. The van der Waals surface area contributed by atoms with Crippen LogP contribution < -0.4 is 0 Å². The molecule has 1 saturated heterocycles. The second kappa shape index (κ2) is 28.7. The lowest BCUT2D eigenvalue weighted by Gasteiger charge is -2.18. The Labute approximate surface area is 279 Å². The standard InChI is InChI=1S/C37H65NO8/c1-3-5-7-9-11-13-15-17-19-21-23-25-35(41)44-31-32(27-30-37(43)46-38-33(39)28-29-34(38)40)45-36(42)26-24-22-20-18-16-14-12-10-8-6-4-2/h32H,3-31H2,1-2H3/t32-/m0/s1. The lowest BCUT2D eigenvalue weighted by Crippen LogP contribution is -2.33. The molecule has 0 spiro atoms. The van der Waals surface area contributed by atoms with Gasteiger partial charge >= 0.3 is 17.9 Å². The van der Waals surface area contributed by atoms with E-state index in [1.807, 2.05) is 0 Å². The molecule has 0 N–H and O–H groups in total. The number of hydrogen-bond acceptors (Lipinski definition) is 8. The number of imide groups is 1. The van der Waals surface area contributed by atoms with Crippen LogP contribution in [-0.4, -0.2) is 47.5 Å². The first-order valence-electron chi connectivity index (χ1n) is 18.8. The molecule has 1 fully saturated rings. The van der Waals surface area contributed by atoms with Gasteiger partial charge < -0.3 is 14.3 Å². The van der Waals surface area contributed by atoms with Crippen molar-refractivity contribution in [3.05, 3.63) is 0 Å². The predicted octanol–water partition coefficient (Wildman–Crippen LogP) is 9.23. The van der Waals surface area contributed by atoms with Crippen LogP contribution in [0.15, 0.2) is 0 Å². The number of amides is 2. The molecule has 1 aliphatic heterocycles. The Bertz CT molecular complexity index is 829. The van der Waals surface area contributed by atoms with Crippen molar-refractivity contribution in [2.75, 3.05) is 6.61 Å². The highest BCUT2D eigenvalue weighted by molar-refractivity contribution is 6.01. The average Bonchev–Trinajstić information content (AvgIpc) is 3.35. The fourth-order valence-electron chi connectivity index (χ4n) is 5.63. The van der Waals surface area contributed by atoms with E-state index in [1.165, 1.54) is 103 Å². The van der Waals surface area contributed by atoms with Crippen LogP contribution in [0.4, 0.5) is 0 Å². The van der Waals surface area contributed by atoms with Crippen LogP contribution in [0, 0.1) is 0 Å². The Morgan fingerprint density at radius 1 is 0.543 bits per heavy atom. The lowest BCUT2D eigenvalue weighted by molar-refractivity contribution is -0.198. The van der Waals surface area contributed by atoms with Crippen LogP contribution in [-0.2, 0) is 38.3 Å². The minimum atomic E-state index is -0.806. The average molecular weight is 652 g/mol. The zero-order valence-corrected chi connectivity index (χ0v) is 29.3. The summed E-state index contributed by atoms with van der Waals surface area (Å²) in [7, 11) is 0. The third-order valence-electron chi connectivity index (χ3n) is 8.57. The summed E-state index contributed by atoms with van der Waals surface area (Å²) in [6.45, 7) is 4.32. The summed E-state index contributed by atoms with van der Waals surface area (Å²) < 4.78 is 11.0. The molecule has 0 saturated carbocycles. The molecule has 0 radical (unpaired) electrons. The van der Waals surface area contributed by atoms with Gasteiger partial charge in [0.2, 0.25) is 0 Å². The van der Waals surface area contributed by atoms with E-state index in [0.717, 1.165) is 38.5 Å². The molecular formula is C37H65NO8. The molecule has 0 aromatic rings. The molecule has 0 aromatic heterocycles. The van der Waals surface area contributed by atoms with Crippen LogP contribution in [0.5, 0.6) is 0 Å². The maximum atomic E-state index is 12.6. The monoisotopic (exact) mass is 651 g/mol. The summed E-state index contributed by atoms with van der Waals surface area (Å²) in [5.74, 6) is -2.62. The lowest BCUT2D eigenvalue weighted by atomic mass is 10.1. The highest BCUT2D eigenvalue weighted by Crippen LogP contribution is 2.17. The summed E-state index contributed by atoms with van der Waals surface area (Å²) >= 11 is 0. The Balaban J connectivity index is 2.33. The number of esters is 2. The number of rotatable bonds is 31. The first-order chi connectivity index (χ1) is 22.4. The van der Waals surface area contributed by atoms with Crippen LogP contribution in [0.25, 0.3) is 0 Å². The molecule has 1 heterocycles. The molecule has 266 valence electrons. The van der Waals surface area contributed by atoms with E-state index in [1.54, 1.807) is 0 Å². The summed E-state index contributed by atoms with van der Waals surface area (Å²) in [6, 6.07) is 0. The quantitative estimate of drug-likeness (QED) is 0.0414. The van der Waals surface area contributed by atoms with Crippen molar-refractivity contribution in [3.63, 3.8) is 0 Å². The minimum Gasteiger partial charge on any atom is -0.462 e. The largest absolute Gasteiger partial charge is 0.462 e. The molecule has 1 aliphatic rings. The number of carbonyl (C=O) groups excluding carboxylic acids is 5. The van der Waals surface area contributed by atoms with Gasteiger partial charge in [-0.1, -0.05) is 142 Å². The van der Waals surface area contributed by atoms with Crippen molar-refractivity contribution < 1.29 is 38.3 Å². The van der Waals surface area contributed by atoms with E-state index in [9.17, 15) is 24.0 Å². The summed E-state index contributed by atoms with van der Waals surface area (Å²) in [6.07, 6.45) is 25.7. The molecule has 9 heteroatoms. The Hall–Kier alpha value is -2.45. The molecule has 0 aliphatic carbocycles. The van der Waals surface area contributed by atoms with Crippen molar-refractivity contribution >= 4 is 29.7 Å². The summed E-state index contributed by atoms with van der Waals surface area (Å²) in [5.41, 5.74) is 0. The van der Waals surface area contributed by atoms with E-state index < -0.39 is 23.9 Å². The van der Waals surface area contributed by atoms with Gasteiger partial charge in [0.1, 0.15) is 12.7 Å². The number of hydrogen-bond donors (Lipinski definition) is 0. The van der Waals surface area contributed by atoms with Crippen molar-refractivity contribution in [2.45, 2.75) is 200 Å². The molecule has 0 bridgehead atoms. The number of nitrogens with zero attached hydrogens (tertiary/aromatic N) is 1. The minimum absolute atomic E-state index is 0.0144. The van der Waals surface area contributed by atoms with Gasteiger partial charge in [0.05, 0.1) is 6.42 Å². The predicted molar refractivity (Wildman–Crippen MR) is 179 cm³/mol. The van der Waals surface area contributed by atoms with Gasteiger partial charge in [-0.2, -0.15) is 0 Å². The van der Waals surface area contributed by atoms with Crippen molar-refractivity contribution in [3.8, 4) is 0 Å². The Morgan fingerprint density at radius 3 is 1.37 bits per heavy atom. The highest BCUT2D eigenvalue weighted by atomic mass is 16.7. The number of unbranched alkanes of at least 4 members (excludes halogenated alkanes) is 20. The summed E-state index contributed by atoms with van der Waals surface area (Å²) in [5, 5.41) is 0.503. The maximum absolute atomic E-state index is 12.6. The topological polar surface area (TPSA) is 116 Å². The molecule has 46 heavy (non-hydrogen) atoms. The van der Waals surface area contributed by atoms with Crippen molar-refractivity contribution in [1.29, 1.82) is 0 Å². The van der Waals surface area contributed by atoms with Gasteiger partial charge in [0.15, 0.2) is 0 Å². The maximum Gasteiger partial charge on any atom is 0.333 e. The summed E-state index contributed by atoms with van der Waals surface area (Å²) in [4.78, 5) is 65.7. The first kappa shape index (κ1) is 41.6. The number of hydroxylamine groups is 2. The fourth-order valence-corrected chi connectivity index (χ4v) is 5.63. The molecule has 0 aromatic carbocycles. The van der Waals surface area contributed by atoms with Crippen molar-refractivity contribution in [2.24, 2.45) is 0 Å². The molecule has 9 nitrogen and oxygen atoms in total. The second-order valence-electron chi connectivity index (χ2n) is 12.9. The van der Waals surface area contributed by atoms with Crippen LogP contribution in [0.1, 0.15) is 194 Å². The first-order valence-corrected chi connectivity index (χ1v) is 18.8. The van der Waals surface area contributed by atoms with Gasteiger partial charge in [-0.25, -0.2) is 4.79 Å². The Kier molecular flexibility index (Phi) is 26.0. The van der Waals surface area contributed by atoms with Crippen molar-refractivity contribution in [1.82, 2.24) is 5.06 Å². The van der Waals surface area contributed by atoms with Gasteiger partial charge in [-0.15, -0.1) is 5.06 Å². The van der Waals surface area contributed by atoms with Gasteiger partial charge in [0, 0.05) is 25.7 Å². The van der Waals surface area contributed by atoms with E-state index in [2.05, 4.69) is 13.8 Å². The molecule has 0 unspecified atom stereocenters. The van der Waals surface area contributed by atoms with Gasteiger partial charge in [0.25, 0.3) is 11.8 Å². The van der Waals surface area contributed by atoms with E-state index in [4.69, 9.17) is 14.3 Å². The zero-order chi connectivity index (χ0) is 33.7. The zero-order valence-electron chi connectivity index (χ0n) is 29.3. The van der Waals surface area contributed by atoms with E-state index in [-0.39, 0.29) is 50.6 Å². The third-order valence-corrected chi connectivity index (χ3v) is 8.57.